The molecular weight excluding hydrogens is 495 g/mol. The first-order chi connectivity index (χ1) is 15.7. The Morgan fingerprint density at radius 1 is 0.971 bits per heavy atom. The lowest BCUT2D eigenvalue weighted by Crippen LogP contribution is -2.53. The summed E-state index contributed by atoms with van der Waals surface area (Å²) >= 11 is 0. The largest absolute Gasteiger partial charge is 0.416 e. The fourth-order valence-corrected chi connectivity index (χ4v) is 5.76. The summed E-state index contributed by atoms with van der Waals surface area (Å²) in [6.45, 7) is 1.17. The number of benzene rings is 2. The monoisotopic (exact) mass is 519 g/mol. The molecule has 1 aliphatic rings. The van der Waals surface area contributed by atoms with Crippen LogP contribution in [0.4, 0.5) is 18.9 Å². The van der Waals surface area contributed by atoms with Crippen molar-refractivity contribution < 1.29 is 34.8 Å². The first-order valence-corrected chi connectivity index (χ1v) is 13.5. The number of hydrogen-bond donors (Lipinski definition) is 0. The molecule has 0 atom stereocenters. The minimum atomic E-state index is -4.68. The van der Waals surface area contributed by atoms with E-state index in [1.807, 2.05) is 6.92 Å². The van der Waals surface area contributed by atoms with E-state index in [0.29, 0.717) is 10.4 Å². The number of halogens is 3. The van der Waals surface area contributed by atoms with Crippen LogP contribution in [-0.2, 0) is 31.0 Å². The zero-order valence-corrected chi connectivity index (χ0v) is 20.1. The smallest absolute Gasteiger partial charge is 0.338 e. The zero-order valence-electron chi connectivity index (χ0n) is 18.5. The van der Waals surface area contributed by atoms with Crippen LogP contribution in [0.2, 0.25) is 0 Å². The van der Waals surface area contributed by atoms with Crippen molar-refractivity contribution in [1.82, 2.24) is 9.21 Å². The van der Waals surface area contributed by atoms with E-state index in [1.54, 1.807) is 12.1 Å². The Balaban J connectivity index is 1.72. The number of rotatable bonds is 6. The quantitative estimate of drug-likeness (QED) is 0.584. The van der Waals surface area contributed by atoms with Crippen LogP contribution in [0.3, 0.4) is 0 Å². The zero-order chi connectivity index (χ0) is 25.3. The fourth-order valence-electron chi connectivity index (χ4n) is 3.50. The van der Waals surface area contributed by atoms with E-state index < -0.39 is 44.2 Å². The molecule has 0 N–H and O–H groups in total. The highest BCUT2D eigenvalue weighted by molar-refractivity contribution is 7.92. The molecule has 2 aromatic carbocycles. The van der Waals surface area contributed by atoms with Crippen LogP contribution in [0.25, 0.3) is 0 Å². The summed E-state index contributed by atoms with van der Waals surface area (Å²) in [5.74, 6) is -0.643. The van der Waals surface area contributed by atoms with Crippen LogP contribution in [0, 0.1) is 6.92 Å². The second-order valence-corrected chi connectivity index (χ2v) is 11.8. The first kappa shape index (κ1) is 26.0. The van der Waals surface area contributed by atoms with E-state index in [1.165, 1.54) is 27.4 Å². The van der Waals surface area contributed by atoms with Crippen molar-refractivity contribution in [2.45, 2.75) is 18.0 Å². The molecule has 1 saturated heterocycles. The molecule has 186 valence electrons. The maximum absolute atomic E-state index is 13.1. The standard InChI is InChI=1S/C21H24F3N3O5S2/c1-16-6-8-19(9-7-16)34(31,32)26-12-10-25(11-13-26)20(28)15-27(33(2,29)30)18-5-3-4-17(14-18)21(22,23)24/h3-9,14H,10-13,15H2,1-2H3. The third kappa shape index (κ3) is 5.88. The molecule has 0 radical (unpaired) electrons. The van der Waals surface area contributed by atoms with E-state index in [4.69, 9.17) is 0 Å². The minimum absolute atomic E-state index is 0.00435. The van der Waals surface area contributed by atoms with E-state index in [0.717, 1.165) is 24.0 Å². The molecule has 0 spiro atoms. The van der Waals surface area contributed by atoms with Gasteiger partial charge in [-0.25, -0.2) is 16.8 Å². The SMILES string of the molecule is Cc1ccc(S(=O)(=O)N2CCN(C(=O)CN(c3cccc(C(F)(F)F)c3)S(C)(=O)=O)CC2)cc1. The second kappa shape index (κ2) is 9.55. The van der Waals surface area contributed by atoms with Gasteiger partial charge in [0.25, 0.3) is 0 Å². The predicted octanol–water partition coefficient (Wildman–Crippen LogP) is 2.31. The van der Waals surface area contributed by atoms with Crippen molar-refractivity contribution in [1.29, 1.82) is 0 Å². The first-order valence-electron chi connectivity index (χ1n) is 10.2. The Hall–Kier alpha value is -2.64. The molecule has 3 rings (SSSR count). The van der Waals surface area contributed by atoms with E-state index in [2.05, 4.69) is 0 Å². The predicted molar refractivity (Wildman–Crippen MR) is 120 cm³/mol. The number of amides is 1. The van der Waals surface area contributed by atoms with Crippen molar-refractivity contribution in [3.8, 4) is 0 Å². The summed E-state index contributed by atoms with van der Waals surface area (Å²) in [4.78, 5) is 14.2. The van der Waals surface area contributed by atoms with Gasteiger partial charge in [-0.05, 0) is 37.3 Å². The van der Waals surface area contributed by atoms with Gasteiger partial charge >= 0.3 is 6.18 Å². The molecule has 0 aliphatic carbocycles. The van der Waals surface area contributed by atoms with Crippen LogP contribution >= 0.6 is 0 Å². The van der Waals surface area contributed by atoms with E-state index >= 15 is 0 Å². The Labute approximate surface area is 196 Å². The number of alkyl halides is 3. The molecule has 0 aromatic heterocycles. The van der Waals surface area contributed by atoms with Gasteiger partial charge in [-0.3, -0.25) is 9.10 Å². The molecule has 1 amide bonds. The molecule has 0 bridgehead atoms. The van der Waals surface area contributed by atoms with E-state index in [-0.39, 0.29) is 36.8 Å². The summed E-state index contributed by atoms with van der Waals surface area (Å²) in [5, 5.41) is 0. The van der Waals surface area contributed by atoms with Crippen LogP contribution in [0.15, 0.2) is 53.4 Å². The van der Waals surface area contributed by atoms with Gasteiger partial charge in [0.15, 0.2) is 0 Å². The van der Waals surface area contributed by atoms with Crippen molar-refractivity contribution in [2.24, 2.45) is 0 Å². The maximum atomic E-state index is 13.1. The molecule has 8 nitrogen and oxygen atoms in total. The van der Waals surface area contributed by atoms with Gasteiger partial charge in [0.2, 0.25) is 26.0 Å². The summed E-state index contributed by atoms with van der Waals surface area (Å²) in [6.07, 6.45) is -3.88. The second-order valence-electron chi connectivity index (χ2n) is 7.92. The topological polar surface area (TPSA) is 95.1 Å². The molecule has 13 heteroatoms. The molecule has 0 unspecified atom stereocenters. The molecule has 34 heavy (non-hydrogen) atoms. The number of nitrogens with zero attached hydrogens (tertiary/aromatic N) is 3. The van der Waals surface area contributed by atoms with Crippen LogP contribution in [0.5, 0.6) is 0 Å². The molecule has 1 heterocycles. The van der Waals surface area contributed by atoms with Crippen molar-refractivity contribution in [3.63, 3.8) is 0 Å². The van der Waals surface area contributed by atoms with Gasteiger partial charge in [0.05, 0.1) is 22.4 Å². The Bertz CT molecular complexity index is 1260. The van der Waals surface area contributed by atoms with Crippen LogP contribution < -0.4 is 4.31 Å². The number of carbonyl (C=O) groups excluding carboxylic acids is 1. The number of carbonyl (C=O) groups is 1. The molecule has 1 aliphatic heterocycles. The average molecular weight is 520 g/mol. The summed E-state index contributed by atoms with van der Waals surface area (Å²) in [7, 11) is -7.83. The van der Waals surface area contributed by atoms with Crippen molar-refractivity contribution >= 4 is 31.6 Å². The number of piperazine rings is 1. The highest BCUT2D eigenvalue weighted by Crippen LogP contribution is 2.32. The van der Waals surface area contributed by atoms with Gasteiger partial charge in [0.1, 0.15) is 6.54 Å². The lowest BCUT2D eigenvalue weighted by molar-refractivity contribution is -0.137. The average Bonchev–Trinajstić information content (AvgIpc) is 2.76. The molecule has 1 fully saturated rings. The number of hydrogen-bond acceptors (Lipinski definition) is 5. The maximum Gasteiger partial charge on any atom is 0.416 e. The molecule has 2 aromatic rings. The van der Waals surface area contributed by atoms with Crippen LogP contribution in [-0.4, -0.2) is 70.9 Å². The van der Waals surface area contributed by atoms with Crippen molar-refractivity contribution in [2.75, 3.05) is 43.3 Å². The van der Waals surface area contributed by atoms with Gasteiger partial charge in [-0.15, -0.1) is 0 Å². The van der Waals surface area contributed by atoms with Crippen molar-refractivity contribution in [3.05, 3.63) is 59.7 Å². The third-order valence-electron chi connectivity index (χ3n) is 5.39. The Morgan fingerprint density at radius 3 is 2.09 bits per heavy atom. The molecule has 0 saturated carbocycles. The molecular formula is C21H24F3N3O5S2. The van der Waals surface area contributed by atoms with Crippen LogP contribution in [0.1, 0.15) is 11.1 Å². The highest BCUT2D eigenvalue weighted by Gasteiger charge is 2.34. The number of aryl methyl sites for hydroxylation is 1. The third-order valence-corrected chi connectivity index (χ3v) is 8.44. The fraction of sp³-hybridized carbons (Fsp3) is 0.381. The van der Waals surface area contributed by atoms with Gasteiger partial charge < -0.3 is 4.90 Å². The summed E-state index contributed by atoms with van der Waals surface area (Å²) in [5.41, 5.74) is -0.419. The minimum Gasteiger partial charge on any atom is -0.338 e. The Morgan fingerprint density at radius 2 is 1.56 bits per heavy atom. The lowest BCUT2D eigenvalue weighted by atomic mass is 10.2. The van der Waals surface area contributed by atoms with Gasteiger partial charge in [-0.2, -0.15) is 17.5 Å². The number of anilines is 1. The Kier molecular flexibility index (Phi) is 7.29. The van der Waals surface area contributed by atoms with Gasteiger partial charge in [0, 0.05) is 26.2 Å². The van der Waals surface area contributed by atoms with Gasteiger partial charge in [-0.1, -0.05) is 23.8 Å². The summed E-state index contributed by atoms with van der Waals surface area (Å²) in [6, 6.07) is 10.1. The number of sulfonamides is 2. The normalized spacial score (nSPS) is 15.9. The summed E-state index contributed by atoms with van der Waals surface area (Å²) < 4.78 is 91.2. The lowest BCUT2D eigenvalue weighted by Gasteiger charge is -2.35. The van der Waals surface area contributed by atoms with E-state index in [9.17, 15) is 34.8 Å². The highest BCUT2D eigenvalue weighted by atomic mass is 32.2.